The number of carbonyl (C=O) groups is 2. The molecule has 0 radical (unpaired) electrons. The number of nitrogens with zero attached hydrogens (tertiary/aromatic N) is 2. The molecule has 0 atom stereocenters. The van der Waals surface area contributed by atoms with Gasteiger partial charge in [0.15, 0.2) is 0 Å². The monoisotopic (exact) mass is 383 g/mol. The lowest BCUT2D eigenvalue weighted by molar-refractivity contribution is -0.143. The predicted molar refractivity (Wildman–Crippen MR) is 108 cm³/mol. The molecular formula is C21H25N3O4. The van der Waals surface area contributed by atoms with Crippen LogP contribution in [0.2, 0.25) is 0 Å². The van der Waals surface area contributed by atoms with Gasteiger partial charge in [-0.15, -0.1) is 0 Å². The van der Waals surface area contributed by atoms with Gasteiger partial charge in [0.05, 0.1) is 19.9 Å². The zero-order valence-electron chi connectivity index (χ0n) is 16.4. The number of benzene rings is 2. The maximum Gasteiger partial charge on any atom is 0.314 e. The van der Waals surface area contributed by atoms with E-state index in [-0.39, 0.29) is 0 Å². The molecular weight excluding hydrogens is 358 g/mol. The summed E-state index contributed by atoms with van der Waals surface area (Å²) in [5, 5.41) is 2.64. The van der Waals surface area contributed by atoms with E-state index in [4.69, 9.17) is 9.47 Å². The minimum absolute atomic E-state index is 0.431. The second-order valence-corrected chi connectivity index (χ2v) is 6.64. The van der Waals surface area contributed by atoms with E-state index in [0.29, 0.717) is 43.4 Å². The fourth-order valence-electron chi connectivity index (χ4n) is 3.21. The number of aryl methyl sites for hydroxylation is 1. The molecule has 1 N–H and O–H groups in total. The second-order valence-electron chi connectivity index (χ2n) is 6.64. The van der Waals surface area contributed by atoms with E-state index >= 15 is 0 Å². The lowest BCUT2D eigenvalue weighted by atomic mass is 10.2. The van der Waals surface area contributed by atoms with Crippen molar-refractivity contribution in [1.29, 1.82) is 0 Å². The molecule has 1 aliphatic heterocycles. The summed E-state index contributed by atoms with van der Waals surface area (Å²) in [6, 6.07) is 13.3. The van der Waals surface area contributed by atoms with Crippen molar-refractivity contribution in [3.8, 4) is 11.5 Å². The van der Waals surface area contributed by atoms with E-state index in [9.17, 15) is 9.59 Å². The van der Waals surface area contributed by atoms with E-state index < -0.39 is 11.8 Å². The molecule has 0 aliphatic carbocycles. The average Bonchev–Trinajstić information content (AvgIpc) is 2.73. The molecule has 0 spiro atoms. The maximum atomic E-state index is 12.6. The quantitative estimate of drug-likeness (QED) is 0.821. The van der Waals surface area contributed by atoms with Gasteiger partial charge in [0.1, 0.15) is 11.5 Å². The first-order valence-electron chi connectivity index (χ1n) is 9.15. The summed E-state index contributed by atoms with van der Waals surface area (Å²) >= 11 is 0. The molecule has 3 rings (SSSR count). The fraction of sp³-hybridized carbons (Fsp3) is 0.333. The van der Waals surface area contributed by atoms with Crippen molar-refractivity contribution in [2.45, 2.75) is 6.92 Å². The van der Waals surface area contributed by atoms with Crippen LogP contribution in [0.1, 0.15) is 5.56 Å². The molecule has 7 nitrogen and oxygen atoms in total. The Bertz CT molecular complexity index is 860. The summed E-state index contributed by atoms with van der Waals surface area (Å²) in [6.45, 7) is 4.43. The van der Waals surface area contributed by atoms with E-state index in [1.807, 2.05) is 6.07 Å². The lowest BCUT2D eigenvalue weighted by Gasteiger charge is -2.35. The molecule has 1 fully saturated rings. The van der Waals surface area contributed by atoms with Gasteiger partial charge in [-0.1, -0.05) is 12.1 Å². The first-order chi connectivity index (χ1) is 13.5. The third kappa shape index (κ3) is 4.36. The number of hydrogen-bond acceptors (Lipinski definition) is 5. The van der Waals surface area contributed by atoms with Gasteiger partial charge in [0, 0.05) is 37.9 Å². The molecule has 1 aliphatic rings. The molecule has 0 bridgehead atoms. The summed E-state index contributed by atoms with van der Waals surface area (Å²) in [4.78, 5) is 28.8. The molecule has 1 saturated heterocycles. The Morgan fingerprint density at radius 1 is 0.964 bits per heavy atom. The van der Waals surface area contributed by atoms with Gasteiger partial charge in [-0.3, -0.25) is 9.59 Å². The minimum Gasteiger partial charge on any atom is -0.497 e. The summed E-state index contributed by atoms with van der Waals surface area (Å²) in [6.07, 6.45) is 0. The first-order valence-corrected chi connectivity index (χ1v) is 9.15. The zero-order chi connectivity index (χ0) is 20.1. The largest absolute Gasteiger partial charge is 0.497 e. The number of nitrogens with one attached hydrogen (secondary N) is 1. The molecule has 2 aromatic rings. The van der Waals surface area contributed by atoms with Gasteiger partial charge >= 0.3 is 11.8 Å². The van der Waals surface area contributed by atoms with Crippen molar-refractivity contribution >= 4 is 23.2 Å². The standard InChI is InChI=1S/C21H25N3O4/c1-15-5-4-6-16(13-15)23-9-11-24(12-10-23)21(26)20(25)22-18-8-7-17(27-2)14-19(18)28-3/h4-8,13-14H,9-12H2,1-3H3,(H,22,25). The van der Waals surface area contributed by atoms with Crippen LogP contribution in [0.15, 0.2) is 42.5 Å². The topological polar surface area (TPSA) is 71.1 Å². The Morgan fingerprint density at radius 3 is 2.36 bits per heavy atom. The van der Waals surface area contributed by atoms with E-state index in [1.165, 1.54) is 12.7 Å². The highest BCUT2D eigenvalue weighted by molar-refractivity contribution is 6.39. The number of anilines is 2. The van der Waals surface area contributed by atoms with Gasteiger partial charge in [-0.2, -0.15) is 0 Å². The number of methoxy groups -OCH3 is 2. The third-order valence-corrected chi connectivity index (χ3v) is 4.78. The van der Waals surface area contributed by atoms with Crippen LogP contribution in [0, 0.1) is 6.92 Å². The Hall–Kier alpha value is -3.22. The minimum atomic E-state index is -0.674. The molecule has 2 aromatic carbocycles. The molecule has 1 heterocycles. The molecule has 148 valence electrons. The van der Waals surface area contributed by atoms with Crippen LogP contribution in [-0.2, 0) is 9.59 Å². The van der Waals surface area contributed by atoms with Gasteiger partial charge < -0.3 is 24.6 Å². The Labute approximate surface area is 164 Å². The van der Waals surface area contributed by atoms with Crippen molar-refractivity contribution in [3.05, 3.63) is 48.0 Å². The summed E-state index contributed by atoms with van der Waals surface area (Å²) in [7, 11) is 3.05. The number of ether oxygens (including phenoxy) is 2. The molecule has 7 heteroatoms. The van der Waals surface area contributed by atoms with Gasteiger partial charge in [-0.25, -0.2) is 0 Å². The Kier molecular flexibility index (Phi) is 6.03. The Balaban J connectivity index is 1.60. The molecule has 2 amide bonds. The molecule has 0 unspecified atom stereocenters. The summed E-state index contributed by atoms with van der Waals surface area (Å²) < 4.78 is 10.4. The fourth-order valence-corrected chi connectivity index (χ4v) is 3.21. The SMILES string of the molecule is COc1ccc(NC(=O)C(=O)N2CCN(c3cccc(C)c3)CC2)c(OC)c1. The second kappa shape index (κ2) is 8.65. The van der Waals surface area contributed by atoms with Crippen LogP contribution in [0.5, 0.6) is 11.5 Å². The van der Waals surface area contributed by atoms with E-state index in [2.05, 4.69) is 35.3 Å². The smallest absolute Gasteiger partial charge is 0.314 e. The molecule has 0 aromatic heterocycles. The van der Waals surface area contributed by atoms with Crippen LogP contribution >= 0.6 is 0 Å². The summed E-state index contributed by atoms with van der Waals surface area (Å²) in [5.74, 6) is -0.174. The van der Waals surface area contributed by atoms with Crippen molar-refractivity contribution < 1.29 is 19.1 Å². The van der Waals surface area contributed by atoms with Gasteiger partial charge in [0.2, 0.25) is 0 Å². The Morgan fingerprint density at radius 2 is 1.71 bits per heavy atom. The van der Waals surface area contributed by atoms with Crippen molar-refractivity contribution in [3.63, 3.8) is 0 Å². The van der Waals surface area contributed by atoms with Crippen LogP contribution in [0.25, 0.3) is 0 Å². The highest BCUT2D eigenvalue weighted by Gasteiger charge is 2.26. The van der Waals surface area contributed by atoms with Crippen LogP contribution in [0.4, 0.5) is 11.4 Å². The van der Waals surface area contributed by atoms with Crippen LogP contribution in [0.3, 0.4) is 0 Å². The number of rotatable bonds is 4. The molecule has 28 heavy (non-hydrogen) atoms. The lowest BCUT2D eigenvalue weighted by Crippen LogP contribution is -2.51. The van der Waals surface area contributed by atoms with E-state index in [1.54, 1.807) is 30.2 Å². The maximum absolute atomic E-state index is 12.6. The number of amides is 2. The molecule has 0 saturated carbocycles. The van der Waals surface area contributed by atoms with Crippen LogP contribution in [-0.4, -0.2) is 57.1 Å². The van der Waals surface area contributed by atoms with Crippen molar-refractivity contribution in [1.82, 2.24) is 4.90 Å². The third-order valence-electron chi connectivity index (χ3n) is 4.78. The first kappa shape index (κ1) is 19.5. The van der Waals surface area contributed by atoms with Crippen LogP contribution < -0.4 is 19.7 Å². The normalized spacial score (nSPS) is 13.8. The number of hydrogen-bond donors (Lipinski definition) is 1. The number of piperazine rings is 1. The number of carbonyl (C=O) groups excluding carboxylic acids is 2. The highest BCUT2D eigenvalue weighted by atomic mass is 16.5. The summed E-state index contributed by atoms with van der Waals surface area (Å²) in [5.41, 5.74) is 2.77. The zero-order valence-corrected chi connectivity index (χ0v) is 16.4. The van der Waals surface area contributed by atoms with Crippen molar-refractivity contribution in [2.24, 2.45) is 0 Å². The van der Waals surface area contributed by atoms with Gasteiger partial charge in [0.25, 0.3) is 0 Å². The van der Waals surface area contributed by atoms with E-state index in [0.717, 1.165) is 5.69 Å². The van der Waals surface area contributed by atoms with Gasteiger partial charge in [-0.05, 0) is 36.8 Å². The highest BCUT2D eigenvalue weighted by Crippen LogP contribution is 2.29. The predicted octanol–water partition coefficient (Wildman–Crippen LogP) is 2.30. The van der Waals surface area contributed by atoms with Crippen molar-refractivity contribution in [2.75, 3.05) is 50.6 Å². The average molecular weight is 383 g/mol.